The first-order chi connectivity index (χ1) is 11.0. The molecule has 124 valence electrons. The molecule has 1 aromatic rings. The van der Waals surface area contributed by atoms with Crippen LogP contribution in [-0.2, 0) is 25.7 Å². The van der Waals surface area contributed by atoms with Crippen LogP contribution in [0.2, 0.25) is 0 Å². The predicted molar refractivity (Wildman–Crippen MR) is 79.8 cm³/mol. The van der Waals surface area contributed by atoms with Crippen molar-refractivity contribution in [3.63, 3.8) is 0 Å². The number of alkyl carbamates (subject to hydrolysis) is 1. The first-order valence-electron chi connectivity index (χ1n) is 6.73. The summed E-state index contributed by atoms with van der Waals surface area (Å²) in [4.78, 5) is 44.4. The van der Waals surface area contributed by atoms with Crippen molar-refractivity contribution in [2.24, 2.45) is 5.73 Å². The molecule has 0 fully saturated rings. The minimum atomic E-state index is -0.748. The summed E-state index contributed by atoms with van der Waals surface area (Å²) in [5, 5.41) is 6.71. The molecule has 0 aliphatic rings. The van der Waals surface area contributed by atoms with Gasteiger partial charge in [0.25, 0.3) is 0 Å². The lowest BCUT2D eigenvalue weighted by Crippen LogP contribution is -2.43. The van der Waals surface area contributed by atoms with Gasteiger partial charge in [-0.05, 0) is 5.56 Å². The monoisotopic (exact) mass is 322 g/mol. The second kappa shape index (κ2) is 9.77. The zero-order valence-electron chi connectivity index (χ0n) is 12.3. The molecular weight excluding hydrogens is 304 g/mol. The van der Waals surface area contributed by atoms with Crippen LogP contribution in [0.1, 0.15) is 5.56 Å². The molecule has 0 unspecified atom stereocenters. The van der Waals surface area contributed by atoms with Gasteiger partial charge in [-0.25, -0.2) is 4.79 Å². The van der Waals surface area contributed by atoms with Gasteiger partial charge in [-0.15, -0.1) is 0 Å². The van der Waals surface area contributed by atoms with Crippen molar-refractivity contribution in [2.45, 2.75) is 6.61 Å². The molecule has 0 saturated carbocycles. The normalized spacial score (nSPS) is 9.57. The lowest BCUT2D eigenvalue weighted by atomic mass is 10.2. The molecule has 0 spiro atoms. The quantitative estimate of drug-likeness (QED) is 0.467. The number of benzene rings is 1. The van der Waals surface area contributed by atoms with E-state index in [9.17, 15) is 19.2 Å². The summed E-state index contributed by atoms with van der Waals surface area (Å²) >= 11 is 0. The van der Waals surface area contributed by atoms with Gasteiger partial charge in [-0.1, -0.05) is 30.3 Å². The topological polar surface area (TPSA) is 140 Å². The van der Waals surface area contributed by atoms with E-state index in [2.05, 4.69) is 16.0 Å². The molecular formula is C14H18N4O5. The molecule has 9 nitrogen and oxygen atoms in total. The maximum absolute atomic E-state index is 11.4. The van der Waals surface area contributed by atoms with Gasteiger partial charge in [0.15, 0.2) is 0 Å². The highest BCUT2D eigenvalue weighted by Crippen LogP contribution is 2.00. The Bertz CT molecular complexity index is 562. The van der Waals surface area contributed by atoms with Gasteiger partial charge in [0.05, 0.1) is 13.1 Å². The predicted octanol–water partition coefficient (Wildman–Crippen LogP) is -1.37. The lowest BCUT2D eigenvalue weighted by Gasteiger charge is -2.08. The lowest BCUT2D eigenvalue weighted by molar-refractivity contribution is -0.126. The van der Waals surface area contributed by atoms with Gasteiger partial charge in [0.2, 0.25) is 17.7 Å². The zero-order chi connectivity index (χ0) is 17.1. The van der Waals surface area contributed by atoms with Crippen LogP contribution in [0.3, 0.4) is 0 Å². The minimum absolute atomic E-state index is 0.0871. The highest BCUT2D eigenvalue weighted by Gasteiger charge is 2.08. The van der Waals surface area contributed by atoms with Gasteiger partial charge < -0.3 is 26.4 Å². The van der Waals surface area contributed by atoms with E-state index in [1.54, 1.807) is 12.1 Å². The summed E-state index contributed by atoms with van der Waals surface area (Å²) in [5.41, 5.74) is 5.66. The second-order valence-electron chi connectivity index (χ2n) is 4.44. The number of rotatable bonds is 8. The molecule has 4 amide bonds. The Hall–Kier alpha value is -3.10. The molecule has 0 saturated heterocycles. The van der Waals surface area contributed by atoms with Crippen molar-refractivity contribution < 1.29 is 23.9 Å². The third kappa shape index (κ3) is 8.71. The van der Waals surface area contributed by atoms with E-state index >= 15 is 0 Å². The van der Waals surface area contributed by atoms with Gasteiger partial charge in [-0.3, -0.25) is 14.4 Å². The van der Waals surface area contributed by atoms with Crippen LogP contribution in [-0.4, -0.2) is 43.4 Å². The third-order valence-corrected chi connectivity index (χ3v) is 2.51. The average molecular weight is 322 g/mol. The fourth-order valence-electron chi connectivity index (χ4n) is 1.42. The standard InChI is InChI=1S/C14H18N4O5/c15-11(19)6-16-12(20)7-17-13(21)8-18-14(22)23-9-10-4-2-1-3-5-10/h1-5H,6-9H2,(H2,15,19)(H,16,20)(H,17,21)(H,18,22). The van der Waals surface area contributed by atoms with Crippen LogP contribution in [0.15, 0.2) is 30.3 Å². The molecule has 0 atom stereocenters. The Labute approximate surface area is 132 Å². The molecule has 0 aromatic heterocycles. The molecule has 9 heteroatoms. The van der Waals surface area contributed by atoms with E-state index in [0.717, 1.165) is 5.56 Å². The van der Waals surface area contributed by atoms with Crippen LogP contribution < -0.4 is 21.7 Å². The van der Waals surface area contributed by atoms with E-state index in [1.165, 1.54) is 0 Å². The number of amides is 4. The Morgan fingerprint density at radius 3 is 2.04 bits per heavy atom. The van der Waals surface area contributed by atoms with E-state index in [0.29, 0.717) is 0 Å². The smallest absolute Gasteiger partial charge is 0.407 e. The molecule has 5 N–H and O–H groups in total. The van der Waals surface area contributed by atoms with E-state index < -0.39 is 23.8 Å². The number of hydrogen-bond donors (Lipinski definition) is 4. The van der Waals surface area contributed by atoms with Gasteiger partial charge in [0.1, 0.15) is 13.2 Å². The summed E-state index contributed by atoms with van der Waals surface area (Å²) in [7, 11) is 0. The van der Waals surface area contributed by atoms with Crippen molar-refractivity contribution in [3.8, 4) is 0 Å². The number of hydrogen-bond acceptors (Lipinski definition) is 5. The van der Waals surface area contributed by atoms with E-state index in [1.807, 2.05) is 18.2 Å². The Kier molecular flexibility index (Phi) is 7.62. The van der Waals surface area contributed by atoms with E-state index in [-0.39, 0.29) is 26.2 Å². The average Bonchev–Trinajstić information content (AvgIpc) is 2.55. The summed E-state index contributed by atoms with van der Waals surface area (Å²) in [6.07, 6.45) is -0.748. The fourth-order valence-corrected chi connectivity index (χ4v) is 1.42. The van der Waals surface area contributed by atoms with Crippen molar-refractivity contribution in [2.75, 3.05) is 19.6 Å². The number of nitrogens with one attached hydrogen (secondary N) is 3. The van der Waals surface area contributed by atoms with Gasteiger partial charge in [0, 0.05) is 0 Å². The minimum Gasteiger partial charge on any atom is -0.445 e. The molecule has 1 rings (SSSR count). The highest BCUT2D eigenvalue weighted by molar-refractivity contribution is 5.89. The molecule has 0 aliphatic carbocycles. The Morgan fingerprint density at radius 1 is 0.870 bits per heavy atom. The maximum atomic E-state index is 11.4. The maximum Gasteiger partial charge on any atom is 0.407 e. The summed E-state index contributed by atoms with van der Waals surface area (Å²) < 4.78 is 4.91. The molecule has 0 heterocycles. The van der Waals surface area contributed by atoms with Crippen LogP contribution in [0.4, 0.5) is 4.79 Å². The summed E-state index contributed by atoms with van der Waals surface area (Å²) in [6, 6.07) is 9.06. The Morgan fingerprint density at radius 2 is 1.43 bits per heavy atom. The molecule has 0 radical (unpaired) electrons. The van der Waals surface area contributed by atoms with Crippen LogP contribution in [0, 0.1) is 0 Å². The van der Waals surface area contributed by atoms with Gasteiger partial charge >= 0.3 is 6.09 Å². The zero-order valence-corrected chi connectivity index (χ0v) is 12.3. The number of nitrogens with two attached hydrogens (primary N) is 1. The van der Waals surface area contributed by atoms with Crippen molar-refractivity contribution >= 4 is 23.8 Å². The number of primary amides is 1. The van der Waals surface area contributed by atoms with Crippen molar-refractivity contribution in [1.82, 2.24) is 16.0 Å². The molecule has 0 bridgehead atoms. The number of carbonyl (C=O) groups is 4. The first-order valence-corrected chi connectivity index (χ1v) is 6.73. The number of ether oxygens (including phenoxy) is 1. The van der Waals surface area contributed by atoms with Crippen LogP contribution >= 0.6 is 0 Å². The highest BCUT2D eigenvalue weighted by atomic mass is 16.5. The Balaban J connectivity index is 2.14. The van der Waals surface area contributed by atoms with Crippen molar-refractivity contribution in [1.29, 1.82) is 0 Å². The molecule has 1 aromatic carbocycles. The summed E-state index contributed by atoms with van der Waals surface area (Å²) in [6.45, 7) is -0.883. The first kappa shape index (κ1) is 18.0. The SMILES string of the molecule is NC(=O)CNC(=O)CNC(=O)CNC(=O)OCc1ccccc1. The van der Waals surface area contributed by atoms with Crippen LogP contribution in [0.25, 0.3) is 0 Å². The summed E-state index contributed by atoms with van der Waals surface area (Å²) in [5.74, 6) is -1.83. The fraction of sp³-hybridized carbons (Fsp3) is 0.286. The van der Waals surface area contributed by atoms with Crippen LogP contribution in [0.5, 0.6) is 0 Å². The molecule has 0 aliphatic heterocycles. The van der Waals surface area contributed by atoms with Gasteiger partial charge in [-0.2, -0.15) is 0 Å². The largest absolute Gasteiger partial charge is 0.445 e. The van der Waals surface area contributed by atoms with Crippen molar-refractivity contribution in [3.05, 3.63) is 35.9 Å². The van der Waals surface area contributed by atoms with E-state index in [4.69, 9.17) is 10.5 Å². The third-order valence-electron chi connectivity index (χ3n) is 2.51. The molecule has 23 heavy (non-hydrogen) atoms. The second-order valence-corrected chi connectivity index (χ2v) is 4.44. The number of carbonyl (C=O) groups excluding carboxylic acids is 4.